The lowest BCUT2D eigenvalue weighted by atomic mass is 9.92. The fraction of sp³-hybridized carbons (Fsp3) is 0.368. The monoisotopic (exact) mass is 411 g/mol. The summed E-state index contributed by atoms with van der Waals surface area (Å²) in [6, 6.07) is 7.29. The highest BCUT2D eigenvalue weighted by Crippen LogP contribution is 2.42. The lowest BCUT2D eigenvalue weighted by Crippen LogP contribution is -2.45. The van der Waals surface area contributed by atoms with Gasteiger partial charge >= 0.3 is 6.36 Å². The fourth-order valence-corrected chi connectivity index (χ4v) is 3.49. The molecule has 0 unspecified atom stereocenters. The number of phenols is 1. The van der Waals surface area contributed by atoms with Crippen molar-refractivity contribution in [1.29, 1.82) is 0 Å². The molecular formula is C19H20F3N3O4. The standard InChI is InChI=1S/C19H20F3N3O4/c1-12-2-7-15(25(27)28)16(18(12)26)17(24-10-8-23-9-11-24)13-3-5-14(6-4-13)29-19(20,21)22/h2-7,17,23,26H,8-11H2,1H3/t17-/m1/s1. The van der Waals surface area contributed by atoms with Gasteiger partial charge in [-0.05, 0) is 36.2 Å². The van der Waals surface area contributed by atoms with E-state index in [1.165, 1.54) is 24.3 Å². The first-order chi connectivity index (χ1) is 13.7. The third-order valence-corrected chi connectivity index (χ3v) is 4.81. The number of nitro benzene ring substituents is 1. The molecule has 10 heteroatoms. The average molecular weight is 411 g/mol. The van der Waals surface area contributed by atoms with Crippen LogP contribution in [-0.2, 0) is 0 Å². The van der Waals surface area contributed by atoms with Crippen molar-refractivity contribution < 1.29 is 27.9 Å². The lowest BCUT2D eigenvalue weighted by molar-refractivity contribution is -0.386. The predicted molar refractivity (Wildman–Crippen MR) is 98.9 cm³/mol. The maximum atomic E-state index is 12.4. The third-order valence-electron chi connectivity index (χ3n) is 4.81. The number of benzene rings is 2. The molecule has 1 aliphatic rings. The highest BCUT2D eigenvalue weighted by molar-refractivity contribution is 5.57. The smallest absolute Gasteiger partial charge is 0.507 e. The number of alkyl halides is 3. The van der Waals surface area contributed by atoms with Crippen molar-refractivity contribution >= 4 is 5.69 Å². The van der Waals surface area contributed by atoms with E-state index in [2.05, 4.69) is 10.1 Å². The number of aromatic hydroxyl groups is 1. The fourth-order valence-electron chi connectivity index (χ4n) is 3.49. The van der Waals surface area contributed by atoms with Crippen molar-refractivity contribution in [3.05, 3.63) is 63.2 Å². The normalized spacial score (nSPS) is 16.4. The molecule has 0 bridgehead atoms. The Hall–Kier alpha value is -2.85. The summed E-state index contributed by atoms with van der Waals surface area (Å²) in [4.78, 5) is 13.0. The highest BCUT2D eigenvalue weighted by Gasteiger charge is 2.34. The molecule has 2 N–H and O–H groups in total. The molecule has 1 aliphatic heterocycles. The molecule has 0 saturated carbocycles. The Kier molecular flexibility index (Phi) is 5.94. The number of nitro groups is 1. The second-order valence-electron chi connectivity index (χ2n) is 6.73. The summed E-state index contributed by atoms with van der Waals surface area (Å²) in [6.45, 7) is 4.03. The second-order valence-corrected chi connectivity index (χ2v) is 6.73. The zero-order valence-corrected chi connectivity index (χ0v) is 15.6. The van der Waals surface area contributed by atoms with Gasteiger partial charge in [-0.3, -0.25) is 15.0 Å². The minimum atomic E-state index is -4.81. The van der Waals surface area contributed by atoms with E-state index in [0.717, 1.165) is 12.1 Å². The van der Waals surface area contributed by atoms with Gasteiger partial charge in [-0.15, -0.1) is 13.2 Å². The zero-order valence-electron chi connectivity index (χ0n) is 15.6. The summed E-state index contributed by atoms with van der Waals surface area (Å²) in [5, 5.41) is 25.5. The number of hydrogen-bond acceptors (Lipinski definition) is 6. The van der Waals surface area contributed by atoms with Gasteiger partial charge in [0, 0.05) is 32.2 Å². The predicted octanol–water partition coefficient (Wildman–Crippen LogP) is 3.50. The maximum absolute atomic E-state index is 12.4. The number of nitrogens with one attached hydrogen (secondary N) is 1. The van der Waals surface area contributed by atoms with Crippen LogP contribution in [0.15, 0.2) is 36.4 Å². The molecule has 1 saturated heterocycles. The van der Waals surface area contributed by atoms with Crippen molar-refractivity contribution in [1.82, 2.24) is 10.2 Å². The van der Waals surface area contributed by atoms with E-state index < -0.39 is 17.3 Å². The topological polar surface area (TPSA) is 87.9 Å². The van der Waals surface area contributed by atoms with E-state index >= 15 is 0 Å². The molecule has 1 atom stereocenters. The molecule has 29 heavy (non-hydrogen) atoms. The molecular weight excluding hydrogens is 391 g/mol. The Morgan fingerprint density at radius 1 is 1.17 bits per heavy atom. The van der Waals surface area contributed by atoms with Gasteiger partial charge in [-0.2, -0.15) is 0 Å². The van der Waals surface area contributed by atoms with E-state index in [1.807, 2.05) is 4.90 Å². The molecule has 7 nitrogen and oxygen atoms in total. The number of piperazine rings is 1. The highest BCUT2D eigenvalue weighted by atomic mass is 19.4. The van der Waals surface area contributed by atoms with Gasteiger partial charge in [0.05, 0.1) is 16.5 Å². The van der Waals surface area contributed by atoms with Crippen LogP contribution in [0.5, 0.6) is 11.5 Å². The molecule has 0 radical (unpaired) electrons. The summed E-state index contributed by atoms with van der Waals surface area (Å²) in [5.74, 6) is -0.582. The van der Waals surface area contributed by atoms with Crippen LogP contribution in [0.25, 0.3) is 0 Å². The quantitative estimate of drug-likeness (QED) is 0.578. The molecule has 0 spiro atoms. The van der Waals surface area contributed by atoms with E-state index in [9.17, 15) is 28.4 Å². The van der Waals surface area contributed by atoms with Gasteiger partial charge in [0.25, 0.3) is 5.69 Å². The molecule has 2 aromatic carbocycles. The molecule has 156 valence electrons. The molecule has 1 heterocycles. The second kappa shape index (κ2) is 8.26. The summed E-state index contributed by atoms with van der Waals surface area (Å²) < 4.78 is 41.3. The zero-order chi connectivity index (χ0) is 21.2. The van der Waals surface area contributed by atoms with Gasteiger partial charge in [0.15, 0.2) is 0 Å². The van der Waals surface area contributed by atoms with Crippen molar-refractivity contribution in [3.8, 4) is 11.5 Å². The third kappa shape index (κ3) is 4.77. The van der Waals surface area contributed by atoms with Crippen LogP contribution in [0.2, 0.25) is 0 Å². The lowest BCUT2D eigenvalue weighted by Gasteiger charge is -2.35. The van der Waals surface area contributed by atoms with Crippen LogP contribution in [0.3, 0.4) is 0 Å². The van der Waals surface area contributed by atoms with Crippen molar-refractivity contribution in [2.24, 2.45) is 0 Å². The van der Waals surface area contributed by atoms with Gasteiger partial charge in [-0.25, -0.2) is 0 Å². The minimum absolute atomic E-state index is 0.126. The first kappa shape index (κ1) is 20.9. The Labute approximate surface area is 164 Å². The Morgan fingerprint density at radius 2 is 1.79 bits per heavy atom. The van der Waals surface area contributed by atoms with Crippen LogP contribution < -0.4 is 10.1 Å². The summed E-state index contributed by atoms with van der Waals surface area (Å²) in [5.41, 5.74) is 0.877. The minimum Gasteiger partial charge on any atom is -0.507 e. The molecule has 0 aliphatic carbocycles. The van der Waals surface area contributed by atoms with Gasteiger partial charge < -0.3 is 15.2 Å². The Morgan fingerprint density at radius 3 is 2.34 bits per heavy atom. The van der Waals surface area contributed by atoms with Crippen LogP contribution in [0.4, 0.5) is 18.9 Å². The Bertz CT molecular complexity index is 882. The number of halogens is 3. The van der Waals surface area contributed by atoms with Crippen LogP contribution >= 0.6 is 0 Å². The first-order valence-corrected chi connectivity index (χ1v) is 8.94. The number of phenolic OH excluding ortho intramolecular Hbond substituents is 1. The number of aryl methyl sites for hydroxylation is 1. The molecule has 0 aromatic heterocycles. The molecule has 3 rings (SSSR count). The molecule has 1 fully saturated rings. The van der Waals surface area contributed by atoms with E-state index in [4.69, 9.17) is 0 Å². The van der Waals surface area contributed by atoms with Gasteiger partial charge in [-0.1, -0.05) is 12.1 Å². The number of hydrogen-bond donors (Lipinski definition) is 2. The van der Waals surface area contributed by atoms with Crippen molar-refractivity contribution in [3.63, 3.8) is 0 Å². The number of ether oxygens (including phenoxy) is 1. The van der Waals surface area contributed by atoms with Gasteiger partial charge in [0.2, 0.25) is 0 Å². The van der Waals surface area contributed by atoms with Gasteiger partial charge in [0.1, 0.15) is 11.5 Å². The largest absolute Gasteiger partial charge is 0.573 e. The van der Waals surface area contributed by atoms with Crippen LogP contribution in [0, 0.1) is 17.0 Å². The number of rotatable bonds is 5. The Balaban J connectivity index is 2.10. The average Bonchev–Trinajstić information content (AvgIpc) is 2.66. The van der Waals surface area contributed by atoms with Crippen molar-refractivity contribution in [2.75, 3.05) is 26.2 Å². The maximum Gasteiger partial charge on any atom is 0.573 e. The van der Waals surface area contributed by atoms with Crippen molar-refractivity contribution in [2.45, 2.75) is 19.3 Å². The van der Waals surface area contributed by atoms with E-state index in [1.54, 1.807) is 6.92 Å². The van der Waals surface area contributed by atoms with E-state index in [-0.39, 0.29) is 22.7 Å². The van der Waals surface area contributed by atoms with Crippen LogP contribution in [-0.4, -0.2) is 47.5 Å². The number of nitrogens with zero attached hydrogens (tertiary/aromatic N) is 2. The van der Waals surface area contributed by atoms with E-state index in [0.29, 0.717) is 37.3 Å². The molecule has 2 aromatic rings. The summed E-state index contributed by atoms with van der Waals surface area (Å²) in [7, 11) is 0. The first-order valence-electron chi connectivity index (χ1n) is 8.94. The summed E-state index contributed by atoms with van der Waals surface area (Å²) >= 11 is 0. The van der Waals surface area contributed by atoms with Crippen LogP contribution in [0.1, 0.15) is 22.7 Å². The SMILES string of the molecule is Cc1ccc([N+](=O)[O-])c([C@@H](c2ccc(OC(F)(F)F)cc2)N2CCNCC2)c1O. The summed E-state index contributed by atoms with van der Waals surface area (Å²) in [6.07, 6.45) is -4.81. The molecule has 0 amide bonds.